The number of ketones is 1. The van der Waals surface area contributed by atoms with Crippen molar-refractivity contribution < 1.29 is 14.6 Å². The molecule has 1 aliphatic heterocycles. The van der Waals surface area contributed by atoms with Crippen molar-refractivity contribution in [3.05, 3.63) is 22.8 Å². The lowest BCUT2D eigenvalue weighted by Crippen LogP contribution is -2.55. The third kappa shape index (κ3) is 1.79. The van der Waals surface area contributed by atoms with E-state index < -0.39 is 0 Å². The molecule has 0 radical (unpaired) electrons. The molecule has 124 valence electrons. The number of carbonyl (C=O) groups excluding carboxylic acids is 1. The quantitative estimate of drug-likeness (QED) is 0.838. The highest BCUT2D eigenvalue weighted by Crippen LogP contribution is 2.71. The van der Waals surface area contributed by atoms with Gasteiger partial charge in [0.2, 0.25) is 0 Å². The minimum Gasteiger partial charge on any atom is -0.507 e. The molecule has 3 aliphatic rings. The number of ether oxygens (including phenoxy) is 1. The van der Waals surface area contributed by atoms with Gasteiger partial charge >= 0.3 is 0 Å². The van der Waals surface area contributed by atoms with Gasteiger partial charge in [0, 0.05) is 17.4 Å². The van der Waals surface area contributed by atoms with Crippen LogP contribution in [0, 0.1) is 17.3 Å². The Hall–Kier alpha value is -1.51. The zero-order valence-corrected chi connectivity index (χ0v) is 14.5. The van der Waals surface area contributed by atoms with Gasteiger partial charge in [0.15, 0.2) is 5.78 Å². The summed E-state index contributed by atoms with van der Waals surface area (Å²) in [5, 5.41) is 11.0. The van der Waals surface area contributed by atoms with Crippen molar-refractivity contribution in [2.75, 3.05) is 0 Å². The summed E-state index contributed by atoms with van der Waals surface area (Å²) in [5.41, 5.74) is 2.53. The van der Waals surface area contributed by atoms with E-state index in [-0.39, 0.29) is 16.9 Å². The minimum atomic E-state index is -0.0454. The van der Waals surface area contributed by atoms with Gasteiger partial charge in [0.25, 0.3) is 0 Å². The highest BCUT2D eigenvalue weighted by Gasteiger charge is 2.65. The molecule has 1 N–H and O–H groups in total. The molecule has 1 aromatic rings. The van der Waals surface area contributed by atoms with Crippen molar-refractivity contribution in [3.63, 3.8) is 0 Å². The minimum absolute atomic E-state index is 0.0454. The van der Waals surface area contributed by atoms with Crippen molar-refractivity contribution in [2.24, 2.45) is 17.3 Å². The first kappa shape index (κ1) is 15.0. The van der Waals surface area contributed by atoms with E-state index in [2.05, 4.69) is 20.8 Å². The number of phenolic OH excluding ortho intramolecular Hbond substituents is 1. The number of phenols is 1. The van der Waals surface area contributed by atoms with Gasteiger partial charge in [-0.25, -0.2) is 0 Å². The van der Waals surface area contributed by atoms with E-state index in [4.69, 9.17) is 4.74 Å². The lowest BCUT2D eigenvalue weighted by molar-refractivity contribution is -0.0797. The van der Waals surface area contributed by atoms with Crippen LogP contribution < -0.4 is 4.74 Å². The maximum Gasteiger partial charge on any atom is 0.163 e. The van der Waals surface area contributed by atoms with E-state index in [9.17, 15) is 9.90 Å². The average molecular weight is 314 g/mol. The summed E-state index contributed by atoms with van der Waals surface area (Å²) in [6.45, 7) is 8.26. The SMILES string of the molecule is CCCc1cc2c(c(O)c1C(C)=O)C1C3[C@@H](CC[C@H]3O2)C1(C)C. The maximum absolute atomic E-state index is 12.2. The zero-order chi connectivity index (χ0) is 16.5. The molecular weight excluding hydrogens is 288 g/mol. The van der Waals surface area contributed by atoms with E-state index in [0.29, 0.717) is 29.4 Å². The number of Topliss-reactive ketones (excluding diaryl/α,β-unsaturated/α-hetero) is 1. The highest BCUT2D eigenvalue weighted by molar-refractivity contribution is 5.99. The lowest BCUT2D eigenvalue weighted by atomic mass is 9.46. The number of rotatable bonds is 3. The fraction of sp³-hybridized carbons (Fsp3) is 0.650. The molecule has 2 fully saturated rings. The number of hydrogen-bond acceptors (Lipinski definition) is 3. The molecule has 0 saturated heterocycles. The van der Waals surface area contributed by atoms with Gasteiger partial charge in [0.1, 0.15) is 17.6 Å². The van der Waals surface area contributed by atoms with Crippen LogP contribution in [0.2, 0.25) is 0 Å². The molecule has 4 rings (SSSR count). The molecule has 2 unspecified atom stereocenters. The summed E-state index contributed by atoms with van der Waals surface area (Å²) in [5.74, 6) is 2.49. The van der Waals surface area contributed by atoms with Gasteiger partial charge < -0.3 is 9.84 Å². The van der Waals surface area contributed by atoms with Crippen LogP contribution in [0.3, 0.4) is 0 Å². The van der Waals surface area contributed by atoms with Crippen LogP contribution in [0.4, 0.5) is 0 Å². The summed E-state index contributed by atoms with van der Waals surface area (Å²) in [4.78, 5) is 12.2. The van der Waals surface area contributed by atoms with E-state index in [1.165, 1.54) is 6.42 Å². The summed E-state index contributed by atoms with van der Waals surface area (Å²) in [6, 6.07) is 2.03. The fourth-order valence-electron chi connectivity index (χ4n) is 5.74. The van der Waals surface area contributed by atoms with Crippen molar-refractivity contribution >= 4 is 5.78 Å². The van der Waals surface area contributed by atoms with E-state index in [1.54, 1.807) is 6.92 Å². The molecular formula is C20H26O3. The average Bonchev–Trinajstić information content (AvgIpc) is 2.87. The van der Waals surface area contributed by atoms with Crippen LogP contribution in [0.1, 0.15) is 74.4 Å². The molecule has 2 saturated carbocycles. The van der Waals surface area contributed by atoms with Gasteiger partial charge in [0.05, 0.1) is 5.56 Å². The van der Waals surface area contributed by atoms with E-state index >= 15 is 0 Å². The van der Waals surface area contributed by atoms with E-state index in [1.807, 2.05) is 6.07 Å². The molecule has 3 heteroatoms. The Kier molecular flexibility index (Phi) is 3.11. The molecule has 23 heavy (non-hydrogen) atoms. The number of hydrogen-bond donors (Lipinski definition) is 1. The van der Waals surface area contributed by atoms with Crippen molar-refractivity contribution in [2.45, 2.75) is 65.4 Å². The Balaban J connectivity index is 1.92. The second-order valence-electron chi connectivity index (χ2n) is 8.19. The van der Waals surface area contributed by atoms with Gasteiger partial charge in [-0.2, -0.15) is 0 Å². The van der Waals surface area contributed by atoms with Gasteiger partial charge in [-0.1, -0.05) is 27.2 Å². The number of carbonyl (C=O) groups is 1. The first-order chi connectivity index (χ1) is 10.9. The molecule has 0 bridgehead atoms. The lowest BCUT2D eigenvalue weighted by Gasteiger charge is -2.59. The second kappa shape index (κ2) is 4.75. The first-order valence-corrected chi connectivity index (χ1v) is 8.94. The smallest absolute Gasteiger partial charge is 0.163 e. The third-order valence-electron chi connectivity index (χ3n) is 6.64. The Labute approximate surface area is 138 Å². The second-order valence-corrected chi connectivity index (χ2v) is 8.19. The first-order valence-electron chi connectivity index (χ1n) is 8.94. The molecule has 3 nitrogen and oxygen atoms in total. The van der Waals surface area contributed by atoms with Crippen molar-refractivity contribution in [1.29, 1.82) is 0 Å². The van der Waals surface area contributed by atoms with Crippen LogP contribution in [-0.4, -0.2) is 17.0 Å². The number of benzene rings is 1. The number of aromatic hydroxyl groups is 1. The Bertz CT molecular complexity index is 689. The zero-order valence-electron chi connectivity index (χ0n) is 14.5. The highest BCUT2D eigenvalue weighted by atomic mass is 16.5. The van der Waals surface area contributed by atoms with E-state index in [0.717, 1.165) is 36.1 Å². The van der Waals surface area contributed by atoms with Crippen molar-refractivity contribution in [1.82, 2.24) is 0 Å². The predicted molar refractivity (Wildman–Crippen MR) is 89.3 cm³/mol. The standard InChI is InChI=1S/C20H26O3/c1-5-6-11-9-14-17(19(22)15(11)10(2)21)18-16-12(20(18,3)4)7-8-13(16)23-14/h9,12-13,16,18,22H,5-8H2,1-4H3/t12-,13-,16?,18?/m1/s1. The van der Waals surface area contributed by atoms with Gasteiger partial charge in [-0.15, -0.1) is 0 Å². The third-order valence-corrected chi connectivity index (χ3v) is 6.64. The Morgan fingerprint density at radius 3 is 2.78 bits per heavy atom. The molecule has 0 amide bonds. The monoisotopic (exact) mass is 314 g/mol. The van der Waals surface area contributed by atoms with Crippen molar-refractivity contribution in [3.8, 4) is 11.5 Å². The molecule has 0 spiro atoms. The normalized spacial score (nSPS) is 32.5. The molecule has 4 atom stereocenters. The maximum atomic E-state index is 12.2. The fourth-order valence-corrected chi connectivity index (χ4v) is 5.74. The van der Waals surface area contributed by atoms with Gasteiger partial charge in [-0.05, 0) is 49.1 Å². The number of fused-ring (bicyclic) bond motifs is 2. The molecule has 2 aliphatic carbocycles. The largest absolute Gasteiger partial charge is 0.507 e. The molecule has 1 aromatic carbocycles. The summed E-state index contributed by atoms with van der Waals surface area (Å²) < 4.78 is 6.28. The molecule has 0 aromatic heterocycles. The Morgan fingerprint density at radius 1 is 1.39 bits per heavy atom. The predicted octanol–water partition coefficient (Wildman–Crippen LogP) is 4.46. The van der Waals surface area contributed by atoms with Crippen LogP contribution in [0.15, 0.2) is 6.07 Å². The van der Waals surface area contributed by atoms with Crippen LogP contribution in [0.25, 0.3) is 0 Å². The molecule has 1 heterocycles. The topological polar surface area (TPSA) is 46.5 Å². The van der Waals surface area contributed by atoms with Crippen LogP contribution in [0.5, 0.6) is 11.5 Å². The Morgan fingerprint density at radius 2 is 2.13 bits per heavy atom. The van der Waals surface area contributed by atoms with Crippen LogP contribution >= 0.6 is 0 Å². The summed E-state index contributed by atoms with van der Waals surface area (Å²) in [6.07, 6.45) is 4.37. The van der Waals surface area contributed by atoms with Crippen LogP contribution in [-0.2, 0) is 6.42 Å². The summed E-state index contributed by atoms with van der Waals surface area (Å²) >= 11 is 0. The number of aryl methyl sites for hydroxylation is 1. The summed E-state index contributed by atoms with van der Waals surface area (Å²) in [7, 11) is 0. The van der Waals surface area contributed by atoms with Gasteiger partial charge in [-0.3, -0.25) is 4.79 Å².